The molecule has 142 valence electrons. The summed E-state index contributed by atoms with van der Waals surface area (Å²) in [5.41, 5.74) is 2.57. The van der Waals surface area contributed by atoms with Gasteiger partial charge in [-0.2, -0.15) is 0 Å². The van der Waals surface area contributed by atoms with E-state index in [4.69, 9.17) is 11.6 Å². The first kappa shape index (κ1) is 19.2. The van der Waals surface area contributed by atoms with Gasteiger partial charge < -0.3 is 15.1 Å². The second-order valence-electron chi connectivity index (χ2n) is 6.83. The highest BCUT2D eigenvalue weighted by molar-refractivity contribution is 6.33. The van der Waals surface area contributed by atoms with Crippen LogP contribution in [0.25, 0.3) is 0 Å². The summed E-state index contributed by atoms with van der Waals surface area (Å²) in [6.45, 7) is 6.31. The lowest BCUT2D eigenvalue weighted by atomic mass is 10.1. The Bertz CT molecular complexity index is 832. The van der Waals surface area contributed by atoms with E-state index in [1.807, 2.05) is 49.4 Å². The van der Waals surface area contributed by atoms with Crippen LogP contribution in [0.3, 0.4) is 0 Å². The van der Waals surface area contributed by atoms with E-state index >= 15 is 0 Å². The molecule has 1 heterocycles. The molecule has 1 aliphatic heterocycles. The Labute approximate surface area is 164 Å². The van der Waals surface area contributed by atoms with Gasteiger partial charge in [-0.25, -0.2) is 0 Å². The molecular weight excluding hydrogens is 362 g/mol. The zero-order valence-corrected chi connectivity index (χ0v) is 16.4. The summed E-state index contributed by atoms with van der Waals surface area (Å²) in [6, 6.07) is 14.5. The second-order valence-corrected chi connectivity index (χ2v) is 7.24. The van der Waals surface area contributed by atoms with Gasteiger partial charge in [-0.05, 0) is 38.1 Å². The van der Waals surface area contributed by atoms with E-state index in [1.54, 1.807) is 17.9 Å². The van der Waals surface area contributed by atoms with E-state index in [0.29, 0.717) is 31.7 Å². The van der Waals surface area contributed by atoms with Crippen LogP contribution in [-0.4, -0.2) is 48.9 Å². The third-order valence-corrected chi connectivity index (χ3v) is 5.10. The van der Waals surface area contributed by atoms with Crippen molar-refractivity contribution in [1.82, 2.24) is 10.2 Å². The first-order valence-electron chi connectivity index (χ1n) is 9.11. The zero-order valence-electron chi connectivity index (χ0n) is 15.6. The lowest BCUT2D eigenvalue weighted by molar-refractivity contribution is -0.133. The SMILES string of the molecule is Cc1cccc(C(=O)N[C@@H](C)C(=O)N2CCN(c3ccccc3Cl)CC2)c1. The van der Waals surface area contributed by atoms with Gasteiger partial charge in [-0.15, -0.1) is 0 Å². The summed E-state index contributed by atoms with van der Waals surface area (Å²) in [7, 11) is 0. The molecule has 0 aliphatic carbocycles. The molecule has 1 fully saturated rings. The van der Waals surface area contributed by atoms with Gasteiger partial charge in [0.05, 0.1) is 10.7 Å². The standard InChI is InChI=1S/C21H24ClN3O2/c1-15-6-5-7-17(14-15)20(26)23-16(2)21(27)25-12-10-24(11-13-25)19-9-4-3-8-18(19)22/h3-9,14,16H,10-13H2,1-2H3,(H,23,26)/t16-/m0/s1. The van der Waals surface area contributed by atoms with Crippen LogP contribution in [-0.2, 0) is 4.79 Å². The second kappa shape index (κ2) is 8.44. The van der Waals surface area contributed by atoms with E-state index in [9.17, 15) is 9.59 Å². The number of carbonyl (C=O) groups excluding carboxylic acids is 2. The molecule has 5 nitrogen and oxygen atoms in total. The van der Waals surface area contributed by atoms with Crippen molar-refractivity contribution < 1.29 is 9.59 Å². The molecule has 1 atom stereocenters. The van der Waals surface area contributed by atoms with E-state index in [-0.39, 0.29) is 11.8 Å². The number of anilines is 1. The molecule has 1 N–H and O–H groups in total. The van der Waals surface area contributed by atoms with Crippen molar-refractivity contribution in [2.45, 2.75) is 19.9 Å². The fraction of sp³-hybridized carbons (Fsp3) is 0.333. The van der Waals surface area contributed by atoms with Crippen LogP contribution in [0.5, 0.6) is 0 Å². The lowest BCUT2D eigenvalue weighted by Gasteiger charge is -2.37. The predicted octanol–water partition coefficient (Wildman–Crippen LogP) is 3.12. The Kier molecular flexibility index (Phi) is 6.01. The van der Waals surface area contributed by atoms with Crippen molar-refractivity contribution in [2.75, 3.05) is 31.1 Å². The number of benzene rings is 2. The van der Waals surface area contributed by atoms with E-state index in [0.717, 1.165) is 16.3 Å². The number of halogens is 1. The van der Waals surface area contributed by atoms with Crippen molar-refractivity contribution >= 4 is 29.1 Å². The first-order chi connectivity index (χ1) is 13.0. The van der Waals surface area contributed by atoms with Gasteiger partial charge in [-0.1, -0.05) is 41.4 Å². The topological polar surface area (TPSA) is 52.7 Å². The highest BCUT2D eigenvalue weighted by atomic mass is 35.5. The summed E-state index contributed by atoms with van der Waals surface area (Å²) in [6.07, 6.45) is 0. The molecule has 1 saturated heterocycles. The first-order valence-corrected chi connectivity index (χ1v) is 9.49. The van der Waals surface area contributed by atoms with Crippen LogP contribution < -0.4 is 10.2 Å². The zero-order chi connectivity index (χ0) is 19.4. The number of hydrogen-bond acceptors (Lipinski definition) is 3. The molecule has 0 unspecified atom stereocenters. The number of nitrogens with one attached hydrogen (secondary N) is 1. The molecule has 6 heteroatoms. The summed E-state index contributed by atoms with van der Waals surface area (Å²) in [4.78, 5) is 29.1. The van der Waals surface area contributed by atoms with Crippen molar-refractivity contribution in [3.05, 3.63) is 64.7 Å². The van der Waals surface area contributed by atoms with Crippen LogP contribution in [0, 0.1) is 6.92 Å². The maximum Gasteiger partial charge on any atom is 0.251 e. The Morgan fingerprint density at radius 2 is 1.74 bits per heavy atom. The number of carbonyl (C=O) groups is 2. The van der Waals surface area contributed by atoms with Crippen LogP contribution in [0.2, 0.25) is 5.02 Å². The fourth-order valence-electron chi connectivity index (χ4n) is 3.28. The Balaban J connectivity index is 1.55. The number of para-hydroxylation sites is 1. The van der Waals surface area contributed by atoms with E-state index in [1.165, 1.54) is 0 Å². The number of aryl methyl sites for hydroxylation is 1. The third kappa shape index (κ3) is 4.61. The van der Waals surface area contributed by atoms with Crippen LogP contribution in [0.15, 0.2) is 48.5 Å². The highest BCUT2D eigenvalue weighted by Crippen LogP contribution is 2.26. The van der Waals surface area contributed by atoms with Crippen molar-refractivity contribution in [1.29, 1.82) is 0 Å². The number of amides is 2. The Hall–Kier alpha value is -2.53. The smallest absolute Gasteiger partial charge is 0.251 e. The predicted molar refractivity (Wildman–Crippen MR) is 108 cm³/mol. The van der Waals surface area contributed by atoms with Gasteiger partial charge in [0.25, 0.3) is 5.91 Å². The summed E-state index contributed by atoms with van der Waals surface area (Å²) in [5.74, 6) is -0.288. The molecular formula is C21H24ClN3O2. The molecule has 0 spiro atoms. The lowest BCUT2D eigenvalue weighted by Crippen LogP contribution is -2.54. The average molecular weight is 386 g/mol. The number of piperazine rings is 1. The van der Waals surface area contributed by atoms with Gasteiger partial charge in [0.1, 0.15) is 6.04 Å². The molecule has 0 saturated carbocycles. The van der Waals surface area contributed by atoms with Crippen LogP contribution in [0.1, 0.15) is 22.8 Å². The molecule has 27 heavy (non-hydrogen) atoms. The summed E-state index contributed by atoms with van der Waals surface area (Å²) < 4.78 is 0. The molecule has 2 amide bonds. The van der Waals surface area contributed by atoms with Crippen molar-refractivity contribution in [2.24, 2.45) is 0 Å². The average Bonchev–Trinajstić information content (AvgIpc) is 2.68. The molecule has 3 rings (SSSR count). The number of nitrogens with zero attached hydrogens (tertiary/aromatic N) is 2. The monoisotopic (exact) mass is 385 g/mol. The Morgan fingerprint density at radius 3 is 2.41 bits per heavy atom. The molecule has 2 aromatic carbocycles. The van der Waals surface area contributed by atoms with Gasteiger partial charge in [0.2, 0.25) is 5.91 Å². The maximum atomic E-state index is 12.7. The largest absolute Gasteiger partial charge is 0.367 e. The third-order valence-electron chi connectivity index (χ3n) is 4.78. The van der Waals surface area contributed by atoms with Crippen LogP contribution in [0.4, 0.5) is 5.69 Å². The van der Waals surface area contributed by atoms with Gasteiger partial charge >= 0.3 is 0 Å². The van der Waals surface area contributed by atoms with E-state index in [2.05, 4.69) is 10.2 Å². The molecule has 1 aliphatic rings. The van der Waals surface area contributed by atoms with Gasteiger partial charge in [0.15, 0.2) is 0 Å². The van der Waals surface area contributed by atoms with Gasteiger partial charge in [-0.3, -0.25) is 9.59 Å². The normalized spacial score (nSPS) is 15.4. The number of hydrogen-bond donors (Lipinski definition) is 1. The Morgan fingerprint density at radius 1 is 1.04 bits per heavy atom. The van der Waals surface area contributed by atoms with Crippen molar-refractivity contribution in [3.63, 3.8) is 0 Å². The maximum absolute atomic E-state index is 12.7. The minimum atomic E-state index is -0.565. The van der Waals surface area contributed by atoms with E-state index < -0.39 is 6.04 Å². The minimum absolute atomic E-state index is 0.0604. The molecule has 2 aromatic rings. The highest BCUT2D eigenvalue weighted by Gasteiger charge is 2.26. The molecule has 0 aromatic heterocycles. The number of rotatable bonds is 4. The quantitative estimate of drug-likeness (QED) is 0.879. The molecule has 0 bridgehead atoms. The minimum Gasteiger partial charge on any atom is -0.367 e. The van der Waals surface area contributed by atoms with Crippen molar-refractivity contribution in [3.8, 4) is 0 Å². The summed E-state index contributed by atoms with van der Waals surface area (Å²) in [5, 5.41) is 3.53. The molecule has 0 radical (unpaired) electrons. The van der Waals surface area contributed by atoms with Gasteiger partial charge in [0, 0.05) is 31.7 Å². The van der Waals surface area contributed by atoms with Crippen LogP contribution >= 0.6 is 11.6 Å². The summed E-state index contributed by atoms with van der Waals surface area (Å²) >= 11 is 6.26. The fourth-order valence-corrected chi connectivity index (χ4v) is 3.53.